The van der Waals surface area contributed by atoms with E-state index in [1.807, 2.05) is 6.07 Å². The van der Waals surface area contributed by atoms with Gasteiger partial charge in [0, 0.05) is 0 Å². The van der Waals surface area contributed by atoms with Gasteiger partial charge in [0.2, 0.25) is 0 Å². The lowest BCUT2D eigenvalue weighted by Crippen LogP contribution is -2.13. The molecule has 9 heteroatoms. The normalized spacial score (nSPS) is 11.5. The molecule has 0 amide bonds. The van der Waals surface area contributed by atoms with E-state index in [4.69, 9.17) is 0 Å². The van der Waals surface area contributed by atoms with E-state index in [9.17, 15) is 8.42 Å². The van der Waals surface area contributed by atoms with Gasteiger partial charge in [0.15, 0.2) is 0 Å². The van der Waals surface area contributed by atoms with Crippen LogP contribution in [0.5, 0.6) is 0 Å². The molecule has 0 bridgehead atoms. The van der Waals surface area contributed by atoms with Crippen LogP contribution >= 0.6 is 0 Å². The van der Waals surface area contributed by atoms with Gasteiger partial charge in [0.25, 0.3) is 10.0 Å². The SMILES string of the molecule is Cc1[nH]ncc1S(=O)(=O)Nc1cccc(-n2cnnc2)c1. The van der Waals surface area contributed by atoms with E-state index in [0.29, 0.717) is 11.4 Å². The topological polar surface area (TPSA) is 106 Å². The molecule has 0 radical (unpaired) electrons. The van der Waals surface area contributed by atoms with E-state index in [0.717, 1.165) is 5.69 Å². The van der Waals surface area contributed by atoms with Gasteiger partial charge in [0.1, 0.15) is 17.6 Å². The summed E-state index contributed by atoms with van der Waals surface area (Å²) in [4.78, 5) is 0.122. The Morgan fingerprint density at radius 2 is 2.00 bits per heavy atom. The Hall–Kier alpha value is -2.68. The predicted molar refractivity (Wildman–Crippen MR) is 75.5 cm³/mol. The number of nitrogens with zero attached hydrogens (tertiary/aromatic N) is 4. The fourth-order valence-corrected chi connectivity index (χ4v) is 3.07. The molecule has 2 aromatic heterocycles. The van der Waals surface area contributed by atoms with Gasteiger partial charge in [-0.15, -0.1) is 10.2 Å². The Morgan fingerprint density at radius 1 is 1.24 bits per heavy atom. The number of aryl methyl sites for hydroxylation is 1. The number of sulfonamides is 1. The Kier molecular flexibility index (Phi) is 3.18. The Bertz CT molecular complexity index is 854. The van der Waals surface area contributed by atoms with E-state index in [2.05, 4.69) is 25.1 Å². The highest BCUT2D eigenvalue weighted by molar-refractivity contribution is 7.92. The summed E-state index contributed by atoms with van der Waals surface area (Å²) in [6.07, 6.45) is 4.35. The molecule has 0 aliphatic carbocycles. The van der Waals surface area contributed by atoms with E-state index >= 15 is 0 Å². The largest absolute Gasteiger partial charge is 0.288 e. The highest BCUT2D eigenvalue weighted by Gasteiger charge is 2.18. The summed E-state index contributed by atoms with van der Waals surface area (Å²) < 4.78 is 28.8. The van der Waals surface area contributed by atoms with Gasteiger partial charge in [0.05, 0.1) is 23.3 Å². The maximum Gasteiger partial charge on any atom is 0.265 e. The van der Waals surface area contributed by atoms with Crippen molar-refractivity contribution in [3.05, 3.63) is 48.8 Å². The van der Waals surface area contributed by atoms with Crippen molar-refractivity contribution in [2.24, 2.45) is 0 Å². The molecule has 2 N–H and O–H groups in total. The quantitative estimate of drug-likeness (QED) is 0.751. The number of anilines is 1. The number of nitrogens with one attached hydrogen (secondary N) is 2. The molecule has 108 valence electrons. The third-order valence-electron chi connectivity index (χ3n) is 2.89. The van der Waals surface area contributed by atoms with Crippen molar-refractivity contribution in [3.8, 4) is 5.69 Å². The first-order valence-corrected chi connectivity index (χ1v) is 7.52. The molecule has 0 aliphatic heterocycles. The standard InChI is InChI=1S/C12H12N6O2S/c1-9-12(6-13-16-9)21(19,20)17-10-3-2-4-11(5-10)18-7-14-15-8-18/h2-8,17H,1H3,(H,13,16). The molecular weight excluding hydrogens is 292 g/mol. The van der Waals surface area contributed by atoms with Crippen LogP contribution in [0.1, 0.15) is 5.69 Å². The minimum absolute atomic E-state index is 0.122. The number of benzene rings is 1. The second-order valence-electron chi connectivity index (χ2n) is 4.38. The van der Waals surface area contributed by atoms with Gasteiger partial charge in [-0.2, -0.15) is 5.10 Å². The summed E-state index contributed by atoms with van der Waals surface area (Å²) in [5, 5.41) is 13.8. The first kappa shape index (κ1) is 13.3. The van der Waals surface area contributed by atoms with Crippen LogP contribution in [0.4, 0.5) is 5.69 Å². The molecule has 1 aromatic carbocycles. The molecule has 0 spiro atoms. The minimum Gasteiger partial charge on any atom is -0.288 e. The monoisotopic (exact) mass is 304 g/mol. The molecular formula is C12H12N6O2S. The van der Waals surface area contributed by atoms with Gasteiger partial charge in [-0.1, -0.05) is 6.07 Å². The molecule has 2 heterocycles. The number of aromatic nitrogens is 5. The number of hydrogen-bond donors (Lipinski definition) is 2. The van der Waals surface area contributed by atoms with Crippen molar-refractivity contribution in [3.63, 3.8) is 0 Å². The summed E-state index contributed by atoms with van der Waals surface area (Å²) in [6, 6.07) is 6.93. The van der Waals surface area contributed by atoms with E-state index in [1.54, 1.807) is 29.7 Å². The zero-order valence-corrected chi connectivity index (χ0v) is 11.9. The van der Waals surface area contributed by atoms with Crippen molar-refractivity contribution in [1.29, 1.82) is 0 Å². The molecule has 0 aliphatic rings. The summed E-state index contributed by atoms with van der Waals surface area (Å²) in [5.74, 6) is 0. The highest BCUT2D eigenvalue weighted by atomic mass is 32.2. The molecule has 0 saturated heterocycles. The fraction of sp³-hybridized carbons (Fsp3) is 0.0833. The van der Waals surface area contributed by atoms with E-state index in [-0.39, 0.29) is 4.90 Å². The maximum absolute atomic E-state index is 12.3. The lowest BCUT2D eigenvalue weighted by atomic mass is 10.3. The van der Waals surface area contributed by atoms with Crippen LogP contribution in [0.2, 0.25) is 0 Å². The smallest absolute Gasteiger partial charge is 0.265 e. The zero-order chi connectivity index (χ0) is 14.9. The Morgan fingerprint density at radius 3 is 2.67 bits per heavy atom. The van der Waals surface area contributed by atoms with Crippen LogP contribution in [-0.4, -0.2) is 33.4 Å². The third-order valence-corrected chi connectivity index (χ3v) is 4.38. The van der Waals surface area contributed by atoms with Crippen molar-refractivity contribution in [2.75, 3.05) is 4.72 Å². The van der Waals surface area contributed by atoms with Crippen LogP contribution in [-0.2, 0) is 10.0 Å². The lowest BCUT2D eigenvalue weighted by Gasteiger charge is -2.09. The minimum atomic E-state index is -3.67. The number of rotatable bonds is 4. The second kappa shape index (κ2) is 5.02. The van der Waals surface area contributed by atoms with Gasteiger partial charge in [-0.3, -0.25) is 14.4 Å². The van der Waals surface area contributed by atoms with Crippen molar-refractivity contribution >= 4 is 15.7 Å². The molecule has 3 aromatic rings. The van der Waals surface area contributed by atoms with Crippen LogP contribution in [0.15, 0.2) is 48.0 Å². The number of aromatic amines is 1. The third kappa shape index (κ3) is 2.63. The highest BCUT2D eigenvalue weighted by Crippen LogP contribution is 2.19. The van der Waals surface area contributed by atoms with Crippen LogP contribution < -0.4 is 4.72 Å². The average molecular weight is 304 g/mol. The molecule has 0 fully saturated rings. The number of H-pyrrole nitrogens is 1. The summed E-state index contributed by atoms with van der Waals surface area (Å²) in [6.45, 7) is 1.65. The molecule has 21 heavy (non-hydrogen) atoms. The van der Waals surface area contributed by atoms with Crippen LogP contribution in [0.25, 0.3) is 5.69 Å². The second-order valence-corrected chi connectivity index (χ2v) is 6.04. The van der Waals surface area contributed by atoms with Crippen molar-refractivity contribution in [2.45, 2.75) is 11.8 Å². The molecule has 0 atom stereocenters. The lowest BCUT2D eigenvalue weighted by molar-refractivity contribution is 0.600. The molecule has 0 unspecified atom stereocenters. The van der Waals surface area contributed by atoms with Crippen LogP contribution in [0, 0.1) is 6.92 Å². The van der Waals surface area contributed by atoms with E-state index < -0.39 is 10.0 Å². The molecule has 8 nitrogen and oxygen atoms in total. The first-order valence-electron chi connectivity index (χ1n) is 6.04. The zero-order valence-electron chi connectivity index (χ0n) is 11.1. The van der Waals surface area contributed by atoms with Gasteiger partial charge < -0.3 is 0 Å². The molecule has 3 rings (SSSR count). The van der Waals surface area contributed by atoms with Crippen LogP contribution in [0.3, 0.4) is 0 Å². The number of hydrogen-bond acceptors (Lipinski definition) is 5. The molecule has 0 saturated carbocycles. The van der Waals surface area contributed by atoms with Gasteiger partial charge >= 0.3 is 0 Å². The average Bonchev–Trinajstić information content (AvgIpc) is 3.09. The van der Waals surface area contributed by atoms with Gasteiger partial charge in [-0.05, 0) is 25.1 Å². The Balaban J connectivity index is 1.92. The van der Waals surface area contributed by atoms with E-state index in [1.165, 1.54) is 18.9 Å². The summed E-state index contributed by atoms with van der Waals surface area (Å²) in [5.41, 5.74) is 1.68. The predicted octanol–water partition coefficient (Wildman–Crippen LogP) is 1.10. The Labute approximate surface area is 120 Å². The maximum atomic E-state index is 12.3. The summed E-state index contributed by atoms with van der Waals surface area (Å²) >= 11 is 0. The van der Waals surface area contributed by atoms with Crippen molar-refractivity contribution < 1.29 is 8.42 Å². The fourth-order valence-electron chi connectivity index (χ4n) is 1.88. The first-order chi connectivity index (χ1) is 10.1. The summed E-state index contributed by atoms with van der Waals surface area (Å²) in [7, 11) is -3.67. The van der Waals surface area contributed by atoms with Crippen molar-refractivity contribution in [1.82, 2.24) is 25.0 Å². The van der Waals surface area contributed by atoms with Gasteiger partial charge in [-0.25, -0.2) is 8.42 Å².